The molecule has 2 atom stereocenters. The lowest BCUT2D eigenvalue weighted by atomic mass is 9.82. The number of carboxylic acids is 1. The molecule has 4 heteroatoms. The molecule has 0 aliphatic carbocycles. The zero-order chi connectivity index (χ0) is 13.9. The lowest BCUT2D eigenvalue weighted by Gasteiger charge is -2.32. The second-order valence-corrected chi connectivity index (χ2v) is 5.99. The van der Waals surface area contributed by atoms with Crippen LogP contribution in [-0.2, 0) is 4.79 Å². The van der Waals surface area contributed by atoms with Crippen LogP contribution in [0.25, 0.3) is 0 Å². The van der Waals surface area contributed by atoms with E-state index in [9.17, 15) is 9.90 Å². The van der Waals surface area contributed by atoms with E-state index in [1.165, 1.54) is 0 Å². The van der Waals surface area contributed by atoms with Crippen molar-refractivity contribution in [3.8, 4) is 0 Å². The molecule has 1 aliphatic heterocycles. The summed E-state index contributed by atoms with van der Waals surface area (Å²) in [6, 6.07) is 0.546. The van der Waals surface area contributed by atoms with Gasteiger partial charge in [0.1, 0.15) is 0 Å². The van der Waals surface area contributed by atoms with E-state index in [2.05, 4.69) is 30.8 Å². The van der Waals surface area contributed by atoms with E-state index in [1.54, 1.807) is 0 Å². The molecule has 106 valence electrons. The Morgan fingerprint density at radius 3 is 2.22 bits per heavy atom. The summed E-state index contributed by atoms with van der Waals surface area (Å²) in [7, 11) is 4.21. The standard InChI is InChI=1S/C14H28N2O2/c1-6-14(7-2,13(17)18)10-16-8-11(3)12(9-16)15(4)5/h11-12H,6-10H2,1-5H3,(H,17,18). The largest absolute Gasteiger partial charge is 0.481 e. The Morgan fingerprint density at radius 1 is 1.33 bits per heavy atom. The van der Waals surface area contributed by atoms with E-state index < -0.39 is 11.4 Å². The molecule has 1 saturated heterocycles. The third-order valence-corrected chi connectivity index (χ3v) is 4.65. The fourth-order valence-electron chi connectivity index (χ4n) is 3.12. The summed E-state index contributed by atoms with van der Waals surface area (Å²) in [6.07, 6.45) is 1.41. The average Bonchev–Trinajstić information content (AvgIpc) is 2.67. The first-order valence-electron chi connectivity index (χ1n) is 6.98. The van der Waals surface area contributed by atoms with Crippen LogP contribution in [0.3, 0.4) is 0 Å². The highest BCUT2D eigenvalue weighted by atomic mass is 16.4. The van der Waals surface area contributed by atoms with Gasteiger partial charge in [0.15, 0.2) is 0 Å². The van der Waals surface area contributed by atoms with Gasteiger partial charge in [0, 0.05) is 25.7 Å². The van der Waals surface area contributed by atoms with Crippen LogP contribution in [0.2, 0.25) is 0 Å². The maximum absolute atomic E-state index is 11.5. The van der Waals surface area contributed by atoms with Gasteiger partial charge in [-0.15, -0.1) is 0 Å². The van der Waals surface area contributed by atoms with Crippen LogP contribution in [0.1, 0.15) is 33.6 Å². The topological polar surface area (TPSA) is 43.8 Å². The maximum atomic E-state index is 11.5. The molecule has 1 fully saturated rings. The van der Waals surface area contributed by atoms with Crippen LogP contribution in [0.4, 0.5) is 0 Å². The quantitative estimate of drug-likeness (QED) is 0.786. The van der Waals surface area contributed by atoms with Crippen molar-refractivity contribution in [2.75, 3.05) is 33.7 Å². The summed E-state index contributed by atoms with van der Waals surface area (Å²) < 4.78 is 0. The average molecular weight is 256 g/mol. The minimum Gasteiger partial charge on any atom is -0.481 e. The monoisotopic (exact) mass is 256 g/mol. The molecule has 0 bridgehead atoms. The van der Waals surface area contributed by atoms with Crippen LogP contribution in [0.15, 0.2) is 0 Å². The predicted octanol–water partition coefficient (Wildman–Crippen LogP) is 1.76. The third kappa shape index (κ3) is 3.04. The van der Waals surface area contributed by atoms with Gasteiger partial charge in [-0.2, -0.15) is 0 Å². The molecule has 1 rings (SSSR count). The molecule has 0 saturated carbocycles. The molecular weight excluding hydrogens is 228 g/mol. The zero-order valence-corrected chi connectivity index (χ0v) is 12.4. The summed E-state index contributed by atoms with van der Waals surface area (Å²) >= 11 is 0. The van der Waals surface area contributed by atoms with Crippen LogP contribution < -0.4 is 0 Å². The molecule has 1 heterocycles. The number of aliphatic carboxylic acids is 1. The van der Waals surface area contributed by atoms with Crippen molar-refractivity contribution >= 4 is 5.97 Å². The Balaban J connectivity index is 2.70. The highest BCUT2D eigenvalue weighted by molar-refractivity contribution is 5.74. The first-order chi connectivity index (χ1) is 8.36. The van der Waals surface area contributed by atoms with E-state index in [-0.39, 0.29) is 0 Å². The first-order valence-corrected chi connectivity index (χ1v) is 6.98. The zero-order valence-electron chi connectivity index (χ0n) is 12.4. The summed E-state index contributed by atoms with van der Waals surface area (Å²) in [6.45, 7) is 8.91. The van der Waals surface area contributed by atoms with Gasteiger partial charge in [-0.3, -0.25) is 4.79 Å². The van der Waals surface area contributed by atoms with Crippen LogP contribution in [0, 0.1) is 11.3 Å². The second kappa shape index (κ2) is 6.02. The van der Waals surface area contributed by atoms with Crippen molar-refractivity contribution in [1.82, 2.24) is 9.80 Å². The minimum absolute atomic E-state index is 0.546. The van der Waals surface area contributed by atoms with E-state index in [1.807, 2.05) is 13.8 Å². The molecule has 2 unspecified atom stereocenters. The Bertz CT molecular complexity index is 288. The normalized spacial score (nSPS) is 25.9. The summed E-state index contributed by atoms with van der Waals surface area (Å²) in [5.41, 5.74) is -0.569. The van der Waals surface area contributed by atoms with Crippen molar-refractivity contribution in [2.45, 2.75) is 39.7 Å². The molecule has 4 nitrogen and oxygen atoms in total. The molecule has 0 aromatic carbocycles. The van der Waals surface area contributed by atoms with Gasteiger partial charge in [-0.25, -0.2) is 0 Å². The molecule has 1 aliphatic rings. The van der Waals surface area contributed by atoms with Crippen LogP contribution in [0.5, 0.6) is 0 Å². The van der Waals surface area contributed by atoms with Crippen molar-refractivity contribution in [3.63, 3.8) is 0 Å². The van der Waals surface area contributed by atoms with Gasteiger partial charge in [0.05, 0.1) is 5.41 Å². The fourth-order valence-corrected chi connectivity index (χ4v) is 3.12. The number of carbonyl (C=O) groups is 1. The number of likely N-dealkylation sites (N-methyl/N-ethyl adjacent to an activating group) is 1. The molecule has 0 radical (unpaired) electrons. The SMILES string of the molecule is CCC(CC)(CN1CC(C)C(N(C)C)C1)C(=O)O. The van der Waals surface area contributed by atoms with Gasteiger partial charge < -0.3 is 14.9 Å². The lowest BCUT2D eigenvalue weighted by Crippen LogP contribution is -2.42. The molecular formula is C14H28N2O2. The van der Waals surface area contributed by atoms with Gasteiger partial charge in [-0.05, 0) is 32.9 Å². The molecule has 0 aromatic rings. The molecule has 1 N–H and O–H groups in total. The van der Waals surface area contributed by atoms with E-state index in [0.717, 1.165) is 13.1 Å². The Labute approximate surface area is 111 Å². The highest BCUT2D eigenvalue weighted by Crippen LogP contribution is 2.31. The van der Waals surface area contributed by atoms with Gasteiger partial charge in [0.2, 0.25) is 0 Å². The minimum atomic E-state index is -0.645. The Hall–Kier alpha value is -0.610. The number of hydrogen-bond acceptors (Lipinski definition) is 3. The third-order valence-electron chi connectivity index (χ3n) is 4.65. The van der Waals surface area contributed by atoms with E-state index in [0.29, 0.717) is 31.3 Å². The van der Waals surface area contributed by atoms with Crippen molar-refractivity contribution in [3.05, 3.63) is 0 Å². The Kier molecular flexibility index (Phi) is 5.17. The van der Waals surface area contributed by atoms with Crippen molar-refractivity contribution in [2.24, 2.45) is 11.3 Å². The number of nitrogens with zero attached hydrogens (tertiary/aromatic N) is 2. The number of rotatable bonds is 6. The predicted molar refractivity (Wildman–Crippen MR) is 73.7 cm³/mol. The maximum Gasteiger partial charge on any atom is 0.310 e. The summed E-state index contributed by atoms with van der Waals surface area (Å²) in [5, 5.41) is 9.49. The second-order valence-electron chi connectivity index (χ2n) is 5.99. The first kappa shape index (κ1) is 15.4. The van der Waals surface area contributed by atoms with Crippen LogP contribution in [-0.4, -0.2) is 60.6 Å². The lowest BCUT2D eigenvalue weighted by molar-refractivity contribution is -0.150. The van der Waals surface area contributed by atoms with Gasteiger partial charge in [-0.1, -0.05) is 20.8 Å². The molecule has 0 aromatic heterocycles. The van der Waals surface area contributed by atoms with Gasteiger partial charge in [0.25, 0.3) is 0 Å². The number of hydrogen-bond donors (Lipinski definition) is 1. The molecule has 18 heavy (non-hydrogen) atoms. The number of carboxylic acid groups (broad SMARTS) is 1. The van der Waals surface area contributed by atoms with E-state index in [4.69, 9.17) is 0 Å². The smallest absolute Gasteiger partial charge is 0.310 e. The van der Waals surface area contributed by atoms with E-state index >= 15 is 0 Å². The molecule has 0 spiro atoms. The van der Waals surface area contributed by atoms with Crippen molar-refractivity contribution < 1.29 is 9.90 Å². The van der Waals surface area contributed by atoms with Crippen molar-refractivity contribution in [1.29, 1.82) is 0 Å². The Morgan fingerprint density at radius 2 is 1.89 bits per heavy atom. The summed E-state index contributed by atoms with van der Waals surface area (Å²) in [4.78, 5) is 16.1. The highest BCUT2D eigenvalue weighted by Gasteiger charge is 2.40. The van der Waals surface area contributed by atoms with Gasteiger partial charge >= 0.3 is 5.97 Å². The number of likely N-dealkylation sites (tertiary alicyclic amines) is 1. The summed E-state index contributed by atoms with van der Waals surface area (Å²) in [5.74, 6) is -0.0336. The van der Waals surface area contributed by atoms with Crippen LogP contribution >= 0.6 is 0 Å². The molecule has 0 amide bonds. The fraction of sp³-hybridized carbons (Fsp3) is 0.929.